The maximum Gasteiger partial charge on any atom is 0.338 e. The van der Waals surface area contributed by atoms with Crippen molar-refractivity contribution in [3.63, 3.8) is 0 Å². The van der Waals surface area contributed by atoms with E-state index in [-0.39, 0.29) is 47.6 Å². The first-order valence-corrected chi connectivity index (χ1v) is 12.4. The highest BCUT2D eigenvalue weighted by Gasteiger charge is 2.17. The van der Waals surface area contributed by atoms with Crippen LogP contribution in [0, 0.1) is 23.0 Å². The van der Waals surface area contributed by atoms with E-state index in [2.05, 4.69) is 4.72 Å². The highest BCUT2D eigenvalue weighted by molar-refractivity contribution is 7.89. The van der Waals surface area contributed by atoms with Crippen LogP contribution in [0.1, 0.15) is 46.7 Å². The zero-order valence-electron chi connectivity index (χ0n) is 18.8. The fraction of sp³-hybridized carbons (Fsp3) is 0.231. The molecule has 9 heteroatoms. The van der Waals surface area contributed by atoms with Gasteiger partial charge in [-0.05, 0) is 72.5 Å². The first-order chi connectivity index (χ1) is 16.8. The molecule has 0 unspecified atom stereocenters. The Morgan fingerprint density at radius 1 is 0.914 bits per heavy atom. The monoisotopic (exact) mass is 498 g/mol. The summed E-state index contributed by atoms with van der Waals surface area (Å²) in [5, 5.41) is 8.52. The average Bonchev–Trinajstić information content (AvgIpc) is 2.85. The molecule has 0 aliphatic carbocycles. The van der Waals surface area contributed by atoms with Gasteiger partial charge in [0, 0.05) is 18.9 Å². The molecule has 0 heterocycles. The summed E-state index contributed by atoms with van der Waals surface area (Å²) in [5.41, 5.74) is 1.93. The van der Waals surface area contributed by atoms with Crippen molar-refractivity contribution < 1.29 is 26.7 Å². The van der Waals surface area contributed by atoms with Crippen LogP contribution in [0.2, 0.25) is 0 Å². The zero-order valence-corrected chi connectivity index (χ0v) is 19.6. The Hall–Kier alpha value is -3.61. The molecule has 0 fully saturated rings. The second kappa shape index (κ2) is 12.2. The number of esters is 1. The second-order valence-corrected chi connectivity index (χ2v) is 9.53. The largest absolute Gasteiger partial charge is 0.462 e. The third-order valence-corrected chi connectivity index (χ3v) is 6.82. The standard InChI is InChI=1S/C26H24F2N2O4S/c27-22-10-4-19(5-11-22)25(20-6-12-23(28)13-7-20)3-1-18-34-26(31)21-8-14-24(15-9-21)35(32,33)30-17-2-16-29/h4-15,25,30H,1-3,17-18H2. The number of nitrogens with zero attached hydrogens (tertiary/aromatic N) is 1. The molecule has 0 aromatic heterocycles. The third-order valence-electron chi connectivity index (χ3n) is 5.34. The minimum absolute atomic E-state index is 0.000532. The molecule has 0 saturated heterocycles. The van der Waals surface area contributed by atoms with E-state index in [1.54, 1.807) is 24.3 Å². The highest BCUT2D eigenvalue weighted by atomic mass is 32.2. The number of sulfonamides is 1. The number of halogens is 2. The van der Waals surface area contributed by atoms with Crippen LogP contribution in [0.3, 0.4) is 0 Å². The lowest BCUT2D eigenvalue weighted by Crippen LogP contribution is -2.24. The Morgan fingerprint density at radius 3 is 1.97 bits per heavy atom. The zero-order chi connectivity index (χ0) is 25.3. The minimum atomic E-state index is -3.76. The van der Waals surface area contributed by atoms with Crippen molar-refractivity contribution in [1.29, 1.82) is 5.26 Å². The van der Waals surface area contributed by atoms with Gasteiger partial charge in [0.05, 0.1) is 23.1 Å². The summed E-state index contributed by atoms with van der Waals surface area (Å²) in [5.74, 6) is -1.42. The number of nitrogens with one attached hydrogen (secondary N) is 1. The molecule has 35 heavy (non-hydrogen) atoms. The smallest absolute Gasteiger partial charge is 0.338 e. The van der Waals surface area contributed by atoms with E-state index in [9.17, 15) is 22.0 Å². The van der Waals surface area contributed by atoms with E-state index in [0.717, 1.165) is 11.1 Å². The number of rotatable bonds is 11. The van der Waals surface area contributed by atoms with Crippen molar-refractivity contribution in [2.45, 2.75) is 30.1 Å². The summed E-state index contributed by atoms with van der Waals surface area (Å²) in [6.07, 6.45) is 1.13. The number of carbonyl (C=O) groups excluding carboxylic acids is 1. The van der Waals surface area contributed by atoms with E-state index in [1.165, 1.54) is 48.5 Å². The lowest BCUT2D eigenvalue weighted by Gasteiger charge is -2.18. The molecule has 0 spiro atoms. The van der Waals surface area contributed by atoms with Crippen molar-refractivity contribution in [2.24, 2.45) is 0 Å². The van der Waals surface area contributed by atoms with Gasteiger partial charge >= 0.3 is 5.97 Å². The normalized spacial score (nSPS) is 11.3. The van der Waals surface area contributed by atoms with Gasteiger partial charge < -0.3 is 4.74 Å². The molecule has 0 radical (unpaired) electrons. The van der Waals surface area contributed by atoms with Crippen molar-refractivity contribution in [2.75, 3.05) is 13.2 Å². The molecule has 1 N–H and O–H groups in total. The summed E-state index contributed by atoms with van der Waals surface area (Å²) in [4.78, 5) is 12.3. The molecule has 182 valence electrons. The predicted molar refractivity (Wildman–Crippen MR) is 126 cm³/mol. The first-order valence-electron chi connectivity index (χ1n) is 10.9. The van der Waals surface area contributed by atoms with Crippen molar-refractivity contribution >= 4 is 16.0 Å². The molecule has 3 rings (SSSR count). The Morgan fingerprint density at radius 2 is 1.46 bits per heavy atom. The number of benzene rings is 3. The van der Waals surface area contributed by atoms with Gasteiger partial charge in [0.2, 0.25) is 10.0 Å². The SMILES string of the molecule is N#CCCNS(=O)(=O)c1ccc(C(=O)OCCCC(c2ccc(F)cc2)c2ccc(F)cc2)cc1. The van der Waals surface area contributed by atoms with Gasteiger partial charge in [-0.15, -0.1) is 0 Å². The number of hydrogen-bond donors (Lipinski definition) is 1. The van der Waals surface area contributed by atoms with E-state index >= 15 is 0 Å². The maximum absolute atomic E-state index is 13.4. The van der Waals surface area contributed by atoms with Gasteiger partial charge in [-0.3, -0.25) is 0 Å². The van der Waals surface area contributed by atoms with Crippen LogP contribution in [-0.2, 0) is 14.8 Å². The Labute approximate surface area is 203 Å². The summed E-state index contributed by atoms with van der Waals surface area (Å²) in [7, 11) is -3.76. The van der Waals surface area contributed by atoms with Gasteiger partial charge in [0.25, 0.3) is 0 Å². The van der Waals surface area contributed by atoms with Crippen molar-refractivity contribution in [3.8, 4) is 6.07 Å². The second-order valence-electron chi connectivity index (χ2n) is 7.76. The fourth-order valence-corrected chi connectivity index (χ4v) is 4.58. The fourth-order valence-electron chi connectivity index (χ4n) is 3.55. The molecule has 0 bridgehead atoms. The lowest BCUT2D eigenvalue weighted by molar-refractivity contribution is 0.0497. The van der Waals surface area contributed by atoms with Crippen LogP contribution in [-0.4, -0.2) is 27.5 Å². The summed E-state index contributed by atoms with van der Waals surface area (Å²) >= 11 is 0. The number of ether oxygens (including phenoxy) is 1. The molecule has 0 aliphatic rings. The van der Waals surface area contributed by atoms with Gasteiger partial charge in [-0.1, -0.05) is 24.3 Å². The van der Waals surface area contributed by atoms with Crippen molar-refractivity contribution in [1.82, 2.24) is 4.72 Å². The van der Waals surface area contributed by atoms with Crippen LogP contribution < -0.4 is 4.72 Å². The summed E-state index contributed by atoms with van der Waals surface area (Å²) < 4.78 is 58.7. The number of hydrogen-bond acceptors (Lipinski definition) is 5. The molecule has 0 atom stereocenters. The van der Waals surface area contributed by atoms with E-state index in [4.69, 9.17) is 10.00 Å². The molecule has 0 amide bonds. The van der Waals surface area contributed by atoms with Gasteiger partial charge in [0.1, 0.15) is 11.6 Å². The topological polar surface area (TPSA) is 96.3 Å². The lowest BCUT2D eigenvalue weighted by atomic mass is 9.87. The minimum Gasteiger partial charge on any atom is -0.462 e. The molecule has 0 aliphatic heterocycles. The maximum atomic E-state index is 13.4. The summed E-state index contributed by atoms with van der Waals surface area (Å²) in [6.45, 7) is 0.118. The number of nitriles is 1. The average molecular weight is 499 g/mol. The van der Waals surface area contributed by atoms with Crippen LogP contribution in [0.25, 0.3) is 0 Å². The molecular formula is C26H24F2N2O4S. The highest BCUT2D eigenvalue weighted by Crippen LogP contribution is 2.29. The molecule has 6 nitrogen and oxygen atoms in total. The molecular weight excluding hydrogens is 474 g/mol. The molecule has 0 saturated carbocycles. The number of carbonyl (C=O) groups is 1. The van der Waals surface area contributed by atoms with Crippen LogP contribution >= 0.6 is 0 Å². The predicted octanol–water partition coefficient (Wildman–Crippen LogP) is 4.93. The third kappa shape index (κ3) is 7.44. The Kier molecular flexibility index (Phi) is 9.06. The quantitative estimate of drug-likeness (QED) is 0.299. The van der Waals surface area contributed by atoms with Gasteiger partial charge in [-0.2, -0.15) is 5.26 Å². The van der Waals surface area contributed by atoms with E-state index < -0.39 is 16.0 Å². The summed E-state index contributed by atoms with van der Waals surface area (Å²) in [6, 6.07) is 19.4. The van der Waals surface area contributed by atoms with Crippen molar-refractivity contribution in [3.05, 3.63) is 101 Å². The van der Waals surface area contributed by atoms with E-state index in [1.807, 2.05) is 6.07 Å². The molecule has 3 aromatic rings. The Bertz CT molecular complexity index is 1230. The van der Waals surface area contributed by atoms with Crippen LogP contribution in [0.5, 0.6) is 0 Å². The first kappa shape index (κ1) is 26.0. The van der Waals surface area contributed by atoms with E-state index in [0.29, 0.717) is 12.8 Å². The van der Waals surface area contributed by atoms with Crippen LogP contribution in [0.15, 0.2) is 77.7 Å². The van der Waals surface area contributed by atoms with Gasteiger partial charge in [-0.25, -0.2) is 26.7 Å². The van der Waals surface area contributed by atoms with Gasteiger partial charge in [0.15, 0.2) is 0 Å². The molecule has 3 aromatic carbocycles. The Balaban J connectivity index is 1.58. The van der Waals surface area contributed by atoms with Crippen LogP contribution in [0.4, 0.5) is 8.78 Å².